The molecule has 5 nitrogen and oxygen atoms in total. The maximum Gasteiger partial charge on any atom is 0.118 e. The third-order valence-corrected chi connectivity index (χ3v) is 3.67. The van der Waals surface area contributed by atoms with Crippen LogP contribution in [-0.4, -0.2) is 27.0 Å². The van der Waals surface area contributed by atoms with E-state index in [0.29, 0.717) is 6.54 Å². The van der Waals surface area contributed by atoms with Crippen LogP contribution < -0.4 is 4.74 Å². The van der Waals surface area contributed by atoms with Crippen molar-refractivity contribution in [3.8, 4) is 17.1 Å². The van der Waals surface area contributed by atoms with Crippen LogP contribution in [0.5, 0.6) is 5.75 Å². The molecule has 0 fully saturated rings. The number of methoxy groups -OCH3 is 1. The van der Waals surface area contributed by atoms with Crippen LogP contribution in [-0.2, 0) is 13.2 Å². The number of aliphatic hydroxyl groups is 1. The summed E-state index contributed by atoms with van der Waals surface area (Å²) < 4.78 is 6.97. The SMILES string of the molecule is COc1ccc(Cn2nc(-c3cccc(C)n3)cc2CO)cc1. The number of hydrogen-bond donors (Lipinski definition) is 1. The molecule has 3 aromatic rings. The van der Waals surface area contributed by atoms with E-state index in [1.165, 1.54) is 0 Å². The van der Waals surface area contributed by atoms with Gasteiger partial charge in [-0.3, -0.25) is 9.67 Å². The Kier molecular flexibility index (Phi) is 4.39. The van der Waals surface area contributed by atoms with Crippen molar-refractivity contribution in [1.29, 1.82) is 0 Å². The second-order valence-electron chi connectivity index (χ2n) is 5.35. The standard InChI is InChI=1S/C18H19N3O2/c1-13-4-3-5-17(19-13)18-10-15(12-22)21(20-18)11-14-6-8-16(23-2)9-7-14/h3-10,22H,11-12H2,1-2H3. The molecule has 0 aliphatic heterocycles. The fraction of sp³-hybridized carbons (Fsp3) is 0.222. The lowest BCUT2D eigenvalue weighted by Gasteiger charge is -2.06. The summed E-state index contributed by atoms with van der Waals surface area (Å²) in [5.74, 6) is 0.821. The molecule has 3 rings (SSSR count). The summed E-state index contributed by atoms with van der Waals surface area (Å²) in [6, 6.07) is 15.5. The molecule has 0 unspecified atom stereocenters. The number of aromatic nitrogens is 3. The molecule has 1 aromatic carbocycles. The Hall–Kier alpha value is -2.66. The summed E-state index contributed by atoms with van der Waals surface area (Å²) in [6.07, 6.45) is 0. The first-order valence-corrected chi connectivity index (χ1v) is 7.44. The van der Waals surface area contributed by atoms with Crippen molar-refractivity contribution in [2.75, 3.05) is 7.11 Å². The molecular weight excluding hydrogens is 290 g/mol. The van der Waals surface area contributed by atoms with Crippen LogP contribution in [0.25, 0.3) is 11.4 Å². The number of nitrogens with zero attached hydrogens (tertiary/aromatic N) is 3. The van der Waals surface area contributed by atoms with Crippen molar-refractivity contribution in [3.05, 3.63) is 65.5 Å². The lowest BCUT2D eigenvalue weighted by molar-refractivity contribution is 0.269. The molecule has 0 spiro atoms. The molecular formula is C18H19N3O2. The molecule has 1 N–H and O–H groups in total. The molecule has 5 heteroatoms. The fourth-order valence-electron chi connectivity index (χ4n) is 2.43. The van der Waals surface area contributed by atoms with Gasteiger partial charge in [-0.15, -0.1) is 0 Å². The van der Waals surface area contributed by atoms with Gasteiger partial charge in [0.1, 0.15) is 11.4 Å². The molecule has 0 bridgehead atoms. The minimum atomic E-state index is -0.0605. The maximum absolute atomic E-state index is 9.59. The summed E-state index contributed by atoms with van der Waals surface area (Å²) in [5.41, 5.74) is 4.38. The zero-order valence-corrected chi connectivity index (χ0v) is 13.2. The number of hydrogen-bond acceptors (Lipinski definition) is 4. The van der Waals surface area contributed by atoms with Crippen LogP contribution in [0.1, 0.15) is 17.0 Å². The van der Waals surface area contributed by atoms with Gasteiger partial charge in [0, 0.05) is 5.69 Å². The highest BCUT2D eigenvalue weighted by Gasteiger charge is 2.10. The first-order valence-electron chi connectivity index (χ1n) is 7.44. The second-order valence-corrected chi connectivity index (χ2v) is 5.35. The molecule has 0 saturated carbocycles. The van der Waals surface area contributed by atoms with E-state index in [4.69, 9.17) is 4.74 Å². The van der Waals surface area contributed by atoms with Crippen LogP contribution >= 0.6 is 0 Å². The highest BCUT2D eigenvalue weighted by Crippen LogP contribution is 2.19. The van der Waals surface area contributed by atoms with Gasteiger partial charge in [0.15, 0.2) is 0 Å². The van der Waals surface area contributed by atoms with Gasteiger partial charge in [0.2, 0.25) is 0 Å². The van der Waals surface area contributed by atoms with Crippen molar-refractivity contribution in [3.63, 3.8) is 0 Å². The summed E-state index contributed by atoms with van der Waals surface area (Å²) >= 11 is 0. The Balaban J connectivity index is 1.89. The molecule has 2 heterocycles. The molecule has 0 aliphatic rings. The largest absolute Gasteiger partial charge is 0.497 e. The van der Waals surface area contributed by atoms with Crippen LogP contribution in [0.15, 0.2) is 48.5 Å². The van der Waals surface area contributed by atoms with Gasteiger partial charge >= 0.3 is 0 Å². The van der Waals surface area contributed by atoms with E-state index in [-0.39, 0.29) is 6.61 Å². The van der Waals surface area contributed by atoms with E-state index in [0.717, 1.165) is 34.1 Å². The third kappa shape index (κ3) is 3.40. The topological polar surface area (TPSA) is 60.2 Å². The van der Waals surface area contributed by atoms with E-state index in [2.05, 4.69) is 10.1 Å². The van der Waals surface area contributed by atoms with Crippen molar-refractivity contribution >= 4 is 0 Å². The lowest BCUT2D eigenvalue weighted by Crippen LogP contribution is -2.06. The van der Waals surface area contributed by atoms with Gasteiger partial charge in [0.25, 0.3) is 0 Å². The molecule has 0 aliphatic carbocycles. The quantitative estimate of drug-likeness (QED) is 0.787. The van der Waals surface area contributed by atoms with Crippen molar-refractivity contribution in [2.24, 2.45) is 0 Å². The predicted molar refractivity (Wildman–Crippen MR) is 88.2 cm³/mol. The van der Waals surface area contributed by atoms with Crippen molar-refractivity contribution < 1.29 is 9.84 Å². The monoisotopic (exact) mass is 309 g/mol. The third-order valence-electron chi connectivity index (χ3n) is 3.67. The van der Waals surface area contributed by atoms with E-state index < -0.39 is 0 Å². The fourth-order valence-corrected chi connectivity index (χ4v) is 2.43. The van der Waals surface area contributed by atoms with Gasteiger partial charge < -0.3 is 9.84 Å². The summed E-state index contributed by atoms with van der Waals surface area (Å²) in [5, 5.41) is 14.2. The van der Waals surface area contributed by atoms with Crippen molar-refractivity contribution in [2.45, 2.75) is 20.1 Å². The molecule has 0 amide bonds. The molecule has 0 saturated heterocycles. The van der Waals surface area contributed by atoms with E-state index >= 15 is 0 Å². The molecule has 0 atom stereocenters. The average Bonchev–Trinajstić information content (AvgIpc) is 2.98. The van der Waals surface area contributed by atoms with Crippen LogP contribution in [0.2, 0.25) is 0 Å². The molecule has 0 radical (unpaired) electrons. The Bertz CT molecular complexity index is 794. The molecule has 118 valence electrons. The predicted octanol–water partition coefficient (Wildman–Crippen LogP) is 2.80. The number of rotatable bonds is 5. The Morgan fingerprint density at radius 2 is 1.87 bits per heavy atom. The van der Waals surface area contributed by atoms with Crippen LogP contribution in [0.4, 0.5) is 0 Å². The van der Waals surface area contributed by atoms with Gasteiger partial charge in [-0.2, -0.15) is 5.10 Å². The van der Waals surface area contributed by atoms with Crippen LogP contribution in [0.3, 0.4) is 0 Å². The zero-order chi connectivity index (χ0) is 16.2. The van der Waals surface area contributed by atoms with Gasteiger partial charge in [-0.05, 0) is 42.8 Å². The van der Waals surface area contributed by atoms with Crippen molar-refractivity contribution in [1.82, 2.24) is 14.8 Å². The number of benzene rings is 1. The van der Waals surface area contributed by atoms with E-state index in [1.807, 2.05) is 55.5 Å². The lowest BCUT2D eigenvalue weighted by atomic mass is 10.2. The Labute approximate surface area is 135 Å². The first kappa shape index (κ1) is 15.2. The van der Waals surface area contributed by atoms with Gasteiger partial charge in [-0.25, -0.2) is 0 Å². The smallest absolute Gasteiger partial charge is 0.118 e. The highest BCUT2D eigenvalue weighted by molar-refractivity contribution is 5.54. The average molecular weight is 309 g/mol. The minimum absolute atomic E-state index is 0.0605. The molecule has 23 heavy (non-hydrogen) atoms. The second kappa shape index (κ2) is 6.62. The Morgan fingerprint density at radius 1 is 1.09 bits per heavy atom. The van der Waals surface area contributed by atoms with Gasteiger partial charge in [-0.1, -0.05) is 18.2 Å². The number of aliphatic hydroxyl groups excluding tert-OH is 1. The summed E-state index contributed by atoms with van der Waals surface area (Å²) in [7, 11) is 1.65. The van der Waals surface area contributed by atoms with E-state index in [1.54, 1.807) is 11.8 Å². The molecule has 2 aromatic heterocycles. The number of pyridine rings is 1. The number of ether oxygens (including phenoxy) is 1. The van der Waals surface area contributed by atoms with E-state index in [9.17, 15) is 5.11 Å². The van der Waals surface area contributed by atoms with Gasteiger partial charge in [0.05, 0.1) is 31.6 Å². The summed E-state index contributed by atoms with van der Waals surface area (Å²) in [6.45, 7) is 2.48. The first-order chi connectivity index (χ1) is 11.2. The minimum Gasteiger partial charge on any atom is -0.497 e. The number of aryl methyl sites for hydroxylation is 1. The maximum atomic E-state index is 9.59. The summed E-state index contributed by atoms with van der Waals surface area (Å²) in [4.78, 5) is 4.49. The Morgan fingerprint density at radius 3 is 2.52 bits per heavy atom. The highest BCUT2D eigenvalue weighted by atomic mass is 16.5. The normalized spacial score (nSPS) is 10.7. The van der Waals surface area contributed by atoms with Crippen LogP contribution in [0, 0.1) is 6.92 Å². The zero-order valence-electron chi connectivity index (χ0n) is 13.2.